The zero-order chi connectivity index (χ0) is 58.6. The Labute approximate surface area is 349 Å². The van der Waals surface area contributed by atoms with Gasteiger partial charge in [-0.2, -0.15) is 198 Å². The van der Waals surface area contributed by atoms with Crippen molar-refractivity contribution in [1.29, 1.82) is 0 Å². The second-order valence-electron chi connectivity index (χ2n) is 13.8. The molecule has 0 saturated heterocycles. The number of hydrogen-bond acceptors (Lipinski definition) is 0. The fourth-order valence-corrected chi connectivity index (χ4v) is 4.30. The van der Waals surface area contributed by atoms with Crippen LogP contribution in [0.15, 0.2) is 0 Å². The van der Waals surface area contributed by atoms with Gasteiger partial charge in [-0.15, -0.1) is 0 Å². The molecule has 0 rings (SSSR count). The van der Waals surface area contributed by atoms with Gasteiger partial charge in [0.05, 0.1) is 0 Å². The van der Waals surface area contributed by atoms with Gasteiger partial charge in [-0.3, -0.25) is 0 Å². The van der Waals surface area contributed by atoms with Crippen LogP contribution in [0.2, 0.25) is 0 Å². The highest BCUT2D eigenvalue weighted by atomic mass is 19.4. The number of alkyl halides is 45. The molecule has 0 heterocycles. The van der Waals surface area contributed by atoms with Gasteiger partial charge in [0.15, 0.2) is 0 Å². The maximum atomic E-state index is 14.1. The van der Waals surface area contributed by atoms with E-state index in [0.717, 1.165) is 0 Å². The highest BCUT2D eigenvalue weighted by Gasteiger charge is 3.04. The predicted molar refractivity (Wildman–Crippen MR) is 125 cm³/mol. The van der Waals surface area contributed by atoms with Crippen molar-refractivity contribution in [3.63, 3.8) is 0 Å². The first-order chi connectivity index (χ1) is 29.2. The summed E-state index contributed by atoms with van der Waals surface area (Å²) in [7, 11) is 0. The summed E-state index contributed by atoms with van der Waals surface area (Å²) in [4.78, 5) is 0. The maximum Gasteiger partial charge on any atom is 0.460 e. The van der Waals surface area contributed by atoms with E-state index in [-0.39, 0.29) is 0 Å². The summed E-state index contributed by atoms with van der Waals surface area (Å²) < 4.78 is 617. The van der Waals surface area contributed by atoms with Gasteiger partial charge in [-0.05, 0) is 0 Å². The highest BCUT2D eigenvalue weighted by molar-refractivity contribution is 5.24. The Bertz CT molecular complexity index is 1880. The lowest BCUT2D eigenvalue weighted by molar-refractivity contribution is -0.497. The van der Waals surface area contributed by atoms with Crippen molar-refractivity contribution in [3.05, 3.63) is 0 Å². The molecule has 0 nitrogen and oxygen atoms in total. The van der Waals surface area contributed by atoms with Crippen molar-refractivity contribution in [2.75, 3.05) is 0 Å². The topological polar surface area (TPSA) is 0 Å². The summed E-state index contributed by atoms with van der Waals surface area (Å²) in [6.07, 6.45) is -8.57. The van der Waals surface area contributed by atoms with Crippen LogP contribution in [-0.4, -0.2) is 131 Å². The van der Waals surface area contributed by atoms with Gasteiger partial charge in [0.1, 0.15) is 0 Å². The van der Waals surface area contributed by atoms with Crippen molar-refractivity contribution in [2.45, 2.75) is 144 Å². The van der Waals surface area contributed by atoms with Gasteiger partial charge in [-0.1, -0.05) is 13.8 Å². The summed E-state index contributed by atoms with van der Waals surface area (Å²) in [5.74, 6) is -215. The number of halogens is 45. The molecule has 0 atom stereocenters. The van der Waals surface area contributed by atoms with Crippen molar-refractivity contribution >= 4 is 0 Å². The largest absolute Gasteiger partial charge is 0.460 e. The Morgan fingerprint density at radius 3 is 0.314 bits per heavy atom. The molecule has 0 saturated carbocycles. The Morgan fingerprint density at radius 2 is 0.229 bits per heavy atom. The van der Waals surface area contributed by atoms with Crippen LogP contribution in [0.3, 0.4) is 0 Å². The first kappa shape index (κ1) is 66.9. The molecular formula is C25H7F45. The molecule has 70 heavy (non-hydrogen) atoms. The van der Waals surface area contributed by atoms with Crippen molar-refractivity contribution in [1.82, 2.24) is 0 Å². The molecule has 0 N–H and O–H groups in total. The first-order valence-corrected chi connectivity index (χ1v) is 15.2. The summed E-state index contributed by atoms with van der Waals surface area (Å²) in [5.41, 5.74) is 0. The molecule has 0 bridgehead atoms. The third-order valence-corrected chi connectivity index (χ3v) is 8.99. The van der Waals surface area contributed by atoms with Crippen LogP contribution in [0.4, 0.5) is 198 Å². The minimum Gasteiger partial charge on any atom is -0.199 e. The highest BCUT2D eigenvalue weighted by Crippen LogP contribution is 2.72. The maximum absolute atomic E-state index is 14.1. The van der Waals surface area contributed by atoms with Crippen molar-refractivity contribution < 1.29 is 198 Å². The quantitative estimate of drug-likeness (QED) is 0.101. The van der Waals surface area contributed by atoms with E-state index >= 15 is 0 Å². The average Bonchev–Trinajstić information content (AvgIpc) is 3.12. The van der Waals surface area contributed by atoms with E-state index in [1.54, 1.807) is 0 Å². The standard InChI is InChI=1S/C25H7F45/c1-3(2)4(26,27)5(28,29)6(30,31)7(32,33)8(34,35)9(36,37)10(38,39)11(40,41)12(42,43)13(44,45)14(46,47)15(48,49)16(50,51)17(52,53)18(54,55)19(56,57)20(58,59)21(60,61)22(62,63)23(64,65)24(66,67)25(68,69)70/h3H,1-2H3. The van der Waals surface area contributed by atoms with Gasteiger partial charge in [0, 0.05) is 5.92 Å². The molecule has 422 valence electrons. The SMILES string of the molecule is CC(C)C(F)(F)C(F)(F)C(F)(F)C(F)(F)C(F)(F)C(F)(F)C(F)(F)C(F)(F)C(F)(F)C(F)(F)C(F)(F)C(F)(F)C(F)(F)C(F)(F)C(F)(F)C(F)(F)C(F)(F)C(F)(F)C(F)(F)C(F)(F)C(F)(F)C(F)(F)F. The van der Waals surface area contributed by atoms with Crippen LogP contribution in [0, 0.1) is 5.92 Å². The van der Waals surface area contributed by atoms with Crippen molar-refractivity contribution in [3.8, 4) is 0 Å². The van der Waals surface area contributed by atoms with Crippen LogP contribution in [0.25, 0.3) is 0 Å². The molecule has 0 aliphatic heterocycles. The zero-order valence-corrected chi connectivity index (χ0v) is 30.6. The lowest BCUT2D eigenvalue weighted by atomic mass is 9.81. The van der Waals surface area contributed by atoms with Gasteiger partial charge >= 0.3 is 131 Å². The van der Waals surface area contributed by atoms with E-state index in [2.05, 4.69) is 0 Å². The Kier molecular flexibility index (Phi) is 15.2. The van der Waals surface area contributed by atoms with Crippen LogP contribution >= 0.6 is 0 Å². The fraction of sp³-hybridized carbons (Fsp3) is 1.00. The Hall–Kier alpha value is -3.15. The summed E-state index contributed by atoms with van der Waals surface area (Å²) in [6.45, 7) is -1.03. The third-order valence-electron chi connectivity index (χ3n) is 8.99. The van der Waals surface area contributed by atoms with Crippen LogP contribution in [0.1, 0.15) is 13.8 Å². The number of rotatable bonds is 21. The number of hydrogen-bond donors (Lipinski definition) is 0. The molecule has 0 amide bonds. The lowest BCUT2D eigenvalue weighted by Crippen LogP contribution is -2.81. The normalized spacial score (nSPS) is 17.5. The van der Waals surface area contributed by atoms with Gasteiger partial charge < -0.3 is 0 Å². The molecule has 0 aromatic rings. The Morgan fingerprint density at radius 1 is 0.143 bits per heavy atom. The molecule has 0 aliphatic carbocycles. The van der Waals surface area contributed by atoms with Crippen LogP contribution in [0.5, 0.6) is 0 Å². The third kappa shape index (κ3) is 7.18. The smallest absolute Gasteiger partial charge is 0.199 e. The van der Waals surface area contributed by atoms with E-state index in [1.807, 2.05) is 0 Å². The monoisotopic (exact) mass is 1160 g/mol. The lowest BCUT2D eigenvalue weighted by Gasteiger charge is -2.47. The van der Waals surface area contributed by atoms with E-state index in [9.17, 15) is 198 Å². The minimum absolute atomic E-state index is 0.513. The van der Waals surface area contributed by atoms with Crippen LogP contribution < -0.4 is 0 Å². The van der Waals surface area contributed by atoms with Gasteiger partial charge in [0.25, 0.3) is 0 Å². The fourth-order valence-electron chi connectivity index (χ4n) is 4.30. The molecule has 0 fully saturated rings. The Balaban J connectivity index is 8.11. The van der Waals surface area contributed by atoms with Crippen LogP contribution in [-0.2, 0) is 0 Å². The zero-order valence-electron chi connectivity index (χ0n) is 30.6. The molecule has 0 aromatic heterocycles. The van der Waals surface area contributed by atoms with E-state index in [0.29, 0.717) is 0 Å². The molecular weight excluding hydrogens is 1160 g/mol. The molecule has 0 aromatic carbocycles. The van der Waals surface area contributed by atoms with Crippen molar-refractivity contribution in [2.24, 2.45) is 5.92 Å². The van der Waals surface area contributed by atoms with E-state index < -0.39 is 150 Å². The summed E-state index contributed by atoms with van der Waals surface area (Å²) in [6, 6.07) is 0. The van der Waals surface area contributed by atoms with E-state index in [4.69, 9.17) is 0 Å². The van der Waals surface area contributed by atoms with Gasteiger partial charge in [0.2, 0.25) is 0 Å². The second kappa shape index (κ2) is 15.9. The summed E-state index contributed by atoms with van der Waals surface area (Å²) in [5, 5.41) is 0. The molecule has 0 aliphatic rings. The molecule has 0 radical (unpaired) electrons. The van der Waals surface area contributed by atoms with Gasteiger partial charge in [-0.25, -0.2) is 0 Å². The predicted octanol–water partition coefficient (Wildman–Crippen LogP) is 15.5. The second-order valence-corrected chi connectivity index (χ2v) is 13.8. The molecule has 0 unspecified atom stereocenters. The summed E-state index contributed by atoms with van der Waals surface area (Å²) >= 11 is 0. The molecule has 0 spiro atoms. The first-order valence-electron chi connectivity index (χ1n) is 15.2. The van der Waals surface area contributed by atoms with E-state index in [1.165, 1.54) is 0 Å². The minimum atomic E-state index is -10.8. The molecule has 45 heteroatoms. The average molecular weight is 1160 g/mol.